The zero-order valence-electron chi connectivity index (χ0n) is 19.0. The van der Waals surface area contributed by atoms with Crippen LogP contribution in [0.2, 0.25) is 0 Å². The smallest absolute Gasteiger partial charge is 0.174 e. The van der Waals surface area contributed by atoms with E-state index < -0.39 is 0 Å². The van der Waals surface area contributed by atoms with E-state index in [0.717, 1.165) is 33.4 Å². The minimum Gasteiger partial charge on any atom is -0.174 e. The van der Waals surface area contributed by atoms with Gasteiger partial charge in [0.15, 0.2) is 0 Å². The summed E-state index contributed by atoms with van der Waals surface area (Å²) in [5, 5.41) is 0. The van der Waals surface area contributed by atoms with Crippen LogP contribution in [0, 0.1) is 32.1 Å². The fourth-order valence-corrected chi connectivity index (χ4v) is 3.10. The summed E-state index contributed by atoms with van der Waals surface area (Å²) in [6, 6.07) is 41.3. The van der Waals surface area contributed by atoms with Crippen molar-refractivity contribution in [3.63, 3.8) is 0 Å². The molecule has 4 aromatic rings. The fraction of sp³-hybridized carbons (Fsp3) is 0. The number of benzene rings is 4. The molecule has 0 aliphatic carbocycles. The molecule has 0 aliphatic rings. The van der Waals surface area contributed by atoms with Gasteiger partial charge in [0.05, 0.1) is 0 Å². The summed E-state index contributed by atoms with van der Waals surface area (Å²) in [4.78, 5) is 0. The third kappa shape index (κ3) is 11.4. The molecule has 0 heterocycles. The van der Waals surface area contributed by atoms with Gasteiger partial charge in [0.1, 0.15) is 0 Å². The largest absolute Gasteiger partial charge is 2.00 e. The second kappa shape index (κ2) is 22.1. The quantitative estimate of drug-likeness (QED) is 0.0867. The molecule has 0 spiro atoms. The maximum atomic E-state index is 7.50. The number of rotatable bonds is 5. The van der Waals surface area contributed by atoms with E-state index in [1.807, 2.05) is 48.5 Å². The van der Waals surface area contributed by atoms with Gasteiger partial charge in [0.2, 0.25) is 0 Å². The first-order valence-corrected chi connectivity index (χ1v) is 10.0. The van der Waals surface area contributed by atoms with E-state index in [1.165, 1.54) is 0 Å². The number of hydrogen-bond acceptors (Lipinski definition) is 0. The maximum Gasteiger partial charge on any atom is 2.00 e. The second-order valence-electron chi connectivity index (χ2n) is 6.46. The Morgan fingerprint density at radius 2 is 0.639 bits per heavy atom. The van der Waals surface area contributed by atoms with Gasteiger partial charge in [0.25, 0.3) is 0 Å². The van der Waals surface area contributed by atoms with E-state index in [4.69, 9.17) is 14.0 Å². The van der Waals surface area contributed by atoms with Gasteiger partial charge in [0, 0.05) is 17.1 Å². The maximum absolute atomic E-state index is 7.50. The van der Waals surface area contributed by atoms with Gasteiger partial charge in [-0.25, -0.2) is 0 Å². The summed E-state index contributed by atoms with van der Waals surface area (Å²) in [6.07, 6.45) is 7.26. The van der Waals surface area contributed by atoms with Gasteiger partial charge < -0.3 is 0 Å². The van der Waals surface area contributed by atoms with Gasteiger partial charge in [-0.2, -0.15) is 23.3 Å². The molecule has 0 aliphatic heterocycles. The summed E-state index contributed by atoms with van der Waals surface area (Å²) in [7, 11) is 0. The molecular weight excluding hydrogens is 532 g/mol. The molecule has 3 nitrogen and oxygen atoms in total. The van der Waals surface area contributed by atoms with Crippen LogP contribution in [-0.4, -0.2) is 0 Å². The Bertz CT molecular complexity index is 1110. The van der Waals surface area contributed by atoms with Crippen LogP contribution in [0.3, 0.4) is 0 Å². The predicted octanol–water partition coefficient (Wildman–Crippen LogP) is 6.74. The van der Waals surface area contributed by atoms with E-state index in [0.29, 0.717) is 0 Å². The van der Waals surface area contributed by atoms with Crippen molar-refractivity contribution in [2.24, 2.45) is 0 Å². The molecule has 36 heavy (non-hydrogen) atoms. The van der Waals surface area contributed by atoms with Crippen molar-refractivity contribution in [2.45, 2.75) is 0 Å². The Hall–Kier alpha value is -3.38. The molecule has 178 valence electrons. The van der Waals surface area contributed by atoms with Gasteiger partial charge >= 0.3 is 51.0 Å². The molecule has 0 aromatic heterocycles. The Kier molecular flexibility index (Phi) is 21.4. The fourth-order valence-electron chi connectivity index (χ4n) is 3.10. The van der Waals surface area contributed by atoms with Crippen LogP contribution in [0.25, 0.3) is 11.1 Å². The van der Waals surface area contributed by atoms with E-state index in [-0.39, 0.29) is 34.1 Å². The van der Waals surface area contributed by atoms with Crippen LogP contribution in [0.1, 0.15) is 22.3 Å². The van der Waals surface area contributed by atoms with Crippen molar-refractivity contribution in [1.29, 1.82) is 0 Å². The van der Waals surface area contributed by atoms with E-state index >= 15 is 0 Å². The average Bonchev–Trinajstić information content (AvgIpc) is 2.96. The Labute approximate surface area is 234 Å². The summed E-state index contributed by atoms with van der Waals surface area (Å²) >= 11 is 0. The van der Waals surface area contributed by atoms with Crippen LogP contribution >= 0.6 is 0 Å². The summed E-state index contributed by atoms with van der Waals surface area (Å²) in [5.41, 5.74) is 6.39. The molecule has 0 bridgehead atoms. The standard InChI is InChI=1S/C28H20.3CO.2Fe/c1-5-13-23(14-6-1)21-27(25-17-9-3-10-18-25)28(26-19-11-4-12-20-26)22-24-15-7-2-8-16-24;3*1-2;;/h1-20H;;;;;/q-2;;;;;+2. The Balaban J connectivity index is 0. The van der Waals surface area contributed by atoms with Crippen molar-refractivity contribution in [3.05, 3.63) is 176 Å². The van der Waals surface area contributed by atoms with Crippen molar-refractivity contribution in [2.75, 3.05) is 0 Å². The third-order valence-electron chi connectivity index (χ3n) is 4.46. The molecule has 4 aromatic carbocycles. The molecule has 0 N–H and O–H groups in total. The van der Waals surface area contributed by atoms with Crippen LogP contribution in [0.4, 0.5) is 0 Å². The molecule has 0 fully saturated rings. The molecule has 0 atom stereocenters. The first-order valence-electron chi connectivity index (χ1n) is 10.0. The van der Waals surface area contributed by atoms with Crippen molar-refractivity contribution < 1.29 is 48.1 Å². The Morgan fingerprint density at radius 3 is 0.889 bits per heavy atom. The van der Waals surface area contributed by atoms with Crippen molar-refractivity contribution in [1.82, 2.24) is 0 Å². The Morgan fingerprint density at radius 1 is 0.417 bits per heavy atom. The first kappa shape index (κ1) is 34.8. The third-order valence-corrected chi connectivity index (χ3v) is 4.46. The van der Waals surface area contributed by atoms with Crippen molar-refractivity contribution >= 4 is 11.1 Å². The van der Waals surface area contributed by atoms with Gasteiger partial charge in [-0.3, -0.25) is 0 Å². The number of allylic oxidation sites excluding steroid dienone is 2. The van der Waals surface area contributed by atoms with Crippen LogP contribution in [-0.2, 0) is 48.1 Å². The van der Waals surface area contributed by atoms with Crippen LogP contribution in [0.15, 0.2) is 121 Å². The average molecular weight is 552 g/mol. The molecule has 0 radical (unpaired) electrons. The van der Waals surface area contributed by atoms with Gasteiger partial charge in [-0.1, -0.05) is 97.1 Å². The molecule has 0 unspecified atom stereocenters. The van der Waals surface area contributed by atoms with E-state index in [9.17, 15) is 0 Å². The molecule has 0 amide bonds. The SMILES string of the molecule is [C-]#[O+].[C-]#[O+].[C-]#[O+].[C-](=C(C(=[C-]c1ccccc1)c1ccccc1)c1ccccc1)c1ccccc1.[Fe+2].[Fe]. The van der Waals surface area contributed by atoms with Gasteiger partial charge in [-0.05, 0) is 0 Å². The summed E-state index contributed by atoms with van der Waals surface area (Å²) in [5.74, 6) is 0. The van der Waals surface area contributed by atoms with Crippen molar-refractivity contribution in [3.8, 4) is 0 Å². The number of hydrogen-bond donors (Lipinski definition) is 0. The first-order chi connectivity index (χ1) is 16.9. The summed E-state index contributed by atoms with van der Waals surface area (Å²) < 4.78 is 22.5. The molecule has 0 saturated carbocycles. The molecule has 4 rings (SSSR count). The minimum absolute atomic E-state index is 0. The predicted molar refractivity (Wildman–Crippen MR) is 129 cm³/mol. The minimum atomic E-state index is 0. The van der Waals surface area contributed by atoms with Gasteiger partial charge in [-0.15, -0.1) is 46.5 Å². The monoisotopic (exact) mass is 552 g/mol. The van der Waals surface area contributed by atoms with Crippen LogP contribution in [0.5, 0.6) is 0 Å². The summed E-state index contributed by atoms with van der Waals surface area (Å²) in [6.45, 7) is 13.5. The molecule has 5 heteroatoms. The van der Waals surface area contributed by atoms with E-state index in [2.05, 4.69) is 105 Å². The zero-order valence-corrected chi connectivity index (χ0v) is 21.2. The molecule has 0 saturated heterocycles. The topological polar surface area (TPSA) is 59.7 Å². The second-order valence-corrected chi connectivity index (χ2v) is 6.46. The van der Waals surface area contributed by atoms with E-state index in [1.54, 1.807) is 0 Å². The molecular formula is C31H20Fe2O3. The normalized spacial score (nSPS) is 9.50. The van der Waals surface area contributed by atoms with Crippen LogP contribution < -0.4 is 0 Å². The zero-order chi connectivity index (χ0) is 25.0.